The highest BCUT2D eigenvalue weighted by molar-refractivity contribution is 5.78. The zero-order valence-electron chi connectivity index (χ0n) is 13.7. The van der Waals surface area contributed by atoms with Crippen molar-refractivity contribution in [3.63, 3.8) is 0 Å². The molecular formula is C16H32N4O. The number of carbonyl (C=O) groups is 1. The fourth-order valence-corrected chi connectivity index (χ4v) is 3.45. The number of nitrogens with one attached hydrogen (secondary N) is 1. The van der Waals surface area contributed by atoms with Crippen molar-refractivity contribution in [1.82, 2.24) is 15.1 Å². The lowest BCUT2D eigenvalue weighted by atomic mass is 10.0. The van der Waals surface area contributed by atoms with Gasteiger partial charge in [0.25, 0.3) is 0 Å². The number of likely N-dealkylation sites (tertiary alicyclic amines) is 2. The zero-order valence-corrected chi connectivity index (χ0v) is 13.7. The Balaban J connectivity index is 1.71. The summed E-state index contributed by atoms with van der Waals surface area (Å²) in [6, 6.07) is 0.802. The molecule has 2 saturated heterocycles. The first-order valence-corrected chi connectivity index (χ1v) is 8.55. The highest BCUT2D eigenvalue weighted by atomic mass is 16.2. The van der Waals surface area contributed by atoms with Crippen molar-refractivity contribution in [1.29, 1.82) is 0 Å². The normalized spacial score (nSPS) is 23.6. The first-order valence-electron chi connectivity index (χ1n) is 8.55. The van der Waals surface area contributed by atoms with Crippen LogP contribution in [-0.2, 0) is 4.79 Å². The number of carbonyl (C=O) groups excluding carboxylic acids is 1. The zero-order chi connectivity index (χ0) is 15.2. The van der Waals surface area contributed by atoms with Crippen molar-refractivity contribution in [2.24, 2.45) is 11.7 Å². The summed E-state index contributed by atoms with van der Waals surface area (Å²) in [7, 11) is 0. The third kappa shape index (κ3) is 5.24. The summed E-state index contributed by atoms with van der Waals surface area (Å²) in [6.45, 7) is 10.1. The lowest BCUT2D eigenvalue weighted by Gasteiger charge is -2.32. The number of rotatable bonds is 6. The molecule has 0 aliphatic carbocycles. The molecule has 122 valence electrons. The molecule has 2 fully saturated rings. The number of piperidine rings is 1. The van der Waals surface area contributed by atoms with Gasteiger partial charge in [-0.3, -0.25) is 14.6 Å². The molecule has 0 bridgehead atoms. The predicted molar refractivity (Wildman–Crippen MR) is 86.1 cm³/mol. The molecule has 0 spiro atoms. The van der Waals surface area contributed by atoms with Gasteiger partial charge in [-0.25, -0.2) is 0 Å². The molecule has 2 heterocycles. The Bertz CT molecular complexity index is 320. The Morgan fingerprint density at radius 2 is 1.81 bits per heavy atom. The lowest BCUT2D eigenvalue weighted by molar-refractivity contribution is -0.122. The summed E-state index contributed by atoms with van der Waals surface area (Å²) in [6.07, 6.45) is 4.61. The Kier molecular flexibility index (Phi) is 6.45. The SMILES string of the molecule is CC(C)C(CNC(=O)CN1CCC(N)CC1)N1CCCC1. The maximum absolute atomic E-state index is 12.1. The van der Waals surface area contributed by atoms with Gasteiger partial charge in [0.1, 0.15) is 0 Å². The molecule has 5 heteroatoms. The maximum Gasteiger partial charge on any atom is 0.234 e. The van der Waals surface area contributed by atoms with Crippen LogP contribution in [-0.4, -0.2) is 67.1 Å². The summed E-state index contributed by atoms with van der Waals surface area (Å²) in [4.78, 5) is 16.9. The summed E-state index contributed by atoms with van der Waals surface area (Å²) >= 11 is 0. The van der Waals surface area contributed by atoms with Gasteiger partial charge >= 0.3 is 0 Å². The Labute approximate surface area is 129 Å². The van der Waals surface area contributed by atoms with E-state index in [2.05, 4.69) is 29.0 Å². The smallest absolute Gasteiger partial charge is 0.234 e. The molecule has 0 radical (unpaired) electrons. The minimum Gasteiger partial charge on any atom is -0.353 e. The number of nitrogens with two attached hydrogens (primary N) is 1. The first kappa shape index (κ1) is 16.7. The Morgan fingerprint density at radius 1 is 1.19 bits per heavy atom. The second-order valence-electron chi connectivity index (χ2n) is 6.97. The Hall–Kier alpha value is -0.650. The van der Waals surface area contributed by atoms with E-state index in [1.807, 2.05) is 0 Å². The molecule has 1 amide bonds. The van der Waals surface area contributed by atoms with Crippen LogP contribution in [0.15, 0.2) is 0 Å². The molecule has 2 aliphatic heterocycles. The molecule has 1 unspecified atom stereocenters. The van der Waals surface area contributed by atoms with Crippen LogP contribution in [0.3, 0.4) is 0 Å². The van der Waals surface area contributed by atoms with Gasteiger partial charge in [-0.2, -0.15) is 0 Å². The van der Waals surface area contributed by atoms with E-state index in [1.165, 1.54) is 25.9 Å². The molecule has 2 aliphatic rings. The fraction of sp³-hybridized carbons (Fsp3) is 0.938. The van der Waals surface area contributed by atoms with Crippen LogP contribution >= 0.6 is 0 Å². The number of hydrogen-bond acceptors (Lipinski definition) is 4. The van der Waals surface area contributed by atoms with Gasteiger partial charge in [-0.05, 0) is 44.7 Å². The standard InChI is InChI=1S/C16H32N4O/c1-13(2)15(20-7-3-4-8-20)11-18-16(21)12-19-9-5-14(17)6-10-19/h13-15H,3-12,17H2,1-2H3,(H,18,21). The summed E-state index contributed by atoms with van der Waals surface area (Å²) < 4.78 is 0. The van der Waals surface area contributed by atoms with E-state index in [0.717, 1.165) is 32.5 Å². The van der Waals surface area contributed by atoms with Crippen molar-refractivity contribution >= 4 is 5.91 Å². The minimum absolute atomic E-state index is 0.162. The average molecular weight is 296 g/mol. The number of amides is 1. The maximum atomic E-state index is 12.1. The average Bonchev–Trinajstić information content (AvgIpc) is 2.95. The van der Waals surface area contributed by atoms with E-state index >= 15 is 0 Å². The highest BCUT2D eigenvalue weighted by Gasteiger charge is 2.25. The summed E-state index contributed by atoms with van der Waals surface area (Å²) in [5.41, 5.74) is 5.90. The van der Waals surface area contributed by atoms with E-state index in [4.69, 9.17) is 5.73 Å². The largest absolute Gasteiger partial charge is 0.353 e. The van der Waals surface area contributed by atoms with Gasteiger partial charge in [0, 0.05) is 31.7 Å². The third-order valence-electron chi connectivity index (χ3n) is 4.89. The van der Waals surface area contributed by atoms with Crippen LogP contribution in [0.2, 0.25) is 0 Å². The Morgan fingerprint density at radius 3 is 2.38 bits per heavy atom. The van der Waals surface area contributed by atoms with E-state index in [0.29, 0.717) is 24.5 Å². The van der Waals surface area contributed by atoms with Gasteiger partial charge in [0.2, 0.25) is 5.91 Å². The number of hydrogen-bond donors (Lipinski definition) is 2. The van der Waals surface area contributed by atoms with Crippen molar-refractivity contribution in [3.8, 4) is 0 Å². The molecule has 3 N–H and O–H groups in total. The van der Waals surface area contributed by atoms with Gasteiger partial charge in [0.15, 0.2) is 0 Å². The van der Waals surface area contributed by atoms with E-state index in [-0.39, 0.29) is 5.91 Å². The van der Waals surface area contributed by atoms with E-state index in [1.54, 1.807) is 0 Å². The van der Waals surface area contributed by atoms with Gasteiger partial charge < -0.3 is 11.1 Å². The molecule has 21 heavy (non-hydrogen) atoms. The molecular weight excluding hydrogens is 264 g/mol. The van der Waals surface area contributed by atoms with Crippen LogP contribution in [0.1, 0.15) is 39.5 Å². The molecule has 1 atom stereocenters. The van der Waals surface area contributed by atoms with Crippen LogP contribution in [0.25, 0.3) is 0 Å². The van der Waals surface area contributed by atoms with Crippen LogP contribution in [0, 0.1) is 5.92 Å². The van der Waals surface area contributed by atoms with E-state index < -0.39 is 0 Å². The van der Waals surface area contributed by atoms with Gasteiger partial charge in [-0.15, -0.1) is 0 Å². The van der Waals surface area contributed by atoms with Crippen molar-refractivity contribution in [3.05, 3.63) is 0 Å². The predicted octanol–water partition coefficient (Wildman–Crippen LogP) is 0.646. The van der Waals surface area contributed by atoms with Crippen molar-refractivity contribution in [2.45, 2.75) is 51.6 Å². The lowest BCUT2D eigenvalue weighted by Crippen LogP contribution is -2.49. The van der Waals surface area contributed by atoms with Crippen LogP contribution < -0.4 is 11.1 Å². The fourth-order valence-electron chi connectivity index (χ4n) is 3.45. The van der Waals surface area contributed by atoms with Gasteiger partial charge in [0.05, 0.1) is 6.54 Å². The second kappa shape index (κ2) is 8.11. The second-order valence-corrected chi connectivity index (χ2v) is 6.97. The van der Waals surface area contributed by atoms with Crippen LogP contribution in [0.5, 0.6) is 0 Å². The molecule has 5 nitrogen and oxygen atoms in total. The first-order chi connectivity index (χ1) is 10.1. The number of nitrogens with zero attached hydrogens (tertiary/aromatic N) is 2. The van der Waals surface area contributed by atoms with E-state index in [9.17, 15) is 4.79 Å². The molecule has 2 rings (SSSR count). The monoisotopic (exact) mass is 296 g/mol. The van der Waals surface area contributed by atoms with Crippen LogP contribution in [0.4, 0.5) is 0 Å². The topological polar surface area (TPSA) is 61.6 Å². The summed E-state index contributed by atoms with van der Waals surface area (Å²) in [5, 5.41) is 3.15. The van der Waals surface area contributed by atoms with Crippen molar-refractivity contribution < 1.29 is 4.79 Å². The molecule has 0 aromatic heterocycles. The molecule has 0 aromatic rings. The minimum atomic E-state index is 0.162. The quantitative estimate of drug-likeness (QED) is 0.755. The summed E-state index contributed by atoms with van der Waals surface area (Å²) in [5.74, 6) is 0.742. The molecule has 0 saturated carbocycles. The third-order valence-corrected chi connectivity index (χ3v) is 4.89. The van der Waals surface area contributed by atoms with Gasteiger partial charge in [-0.1, -0.05) is 13.8 Å². The highest BCUT2D eigenvalue weighted by Crippen LogP contribution is 2.17. The molecule has 0 aromatic carbocycles. The van der Waals surface area contributed by atoms with Crippen molar-refractivity contribution in [2.75, 3.05) is 39.3 Å².